The first-order valence-corrected chi connectivity index (χ1v) is 12.8. The van der Waals surface area contributed by atoms with Crippen LogP contribution in [0.2, 0.25) is 10.0 Å². The van der Waals surface area contributed by atoms with Crippen molar-refractivity contribution in [2.45, 2.75) is 31.2 Å². The Labute approximate surface area is 210 Å². The number of nitrogens with one attached hydrogen (secondary N) is 1. The SMILES string of the molecule is CCC(NC(=O)CN(c1cccc(Cl)c1Cl)S(=O)(=O)c1ccccc1)c1ccc(OC)c(C)c1. The first-order valence-electron chi connectivity index (χ1n) is 10.6. The molecule has 0 aliphatic carbocycles. The van der Waals surface area contributed by atoms with Crippen molar-refractivity contribution in [3.05, 3.63) is 87.9 Å². The number of halogens is 2. The summed E-state index contributed by atoms with van der Waals surface area (Å²) >= 11 is 12.5. The van der Waals surface area contributed by atoms with E-state index in [0.717, 1.165) is 21.2 Å². The molecule has 0 saturated carbocycles. The summed E-state index contributed by atoms with van der Waals surface area (Å²) in [6.07, 6.45) is 0.612. The Bertz CT molecular complexity index is 1270. The van der Waals surface area contributed by atoms with Gasteiger partial charge in [-0.05, 0) is 54.8 Å². The first-order chi connectivity index (χ1) is 16.2. The molecule has 0 aliphatic rings. The number of nitrogens with zero attached hydrogens (tertiary/aromatic N) is 1. The number of sulfonamides is 1. The number of aryl methyl sites for hydroxylation is 1. The number of benzene rings is 3. The monoisotopic (exact) mass is 520 g/mol. The number of hydrogen-bond acceptors (Lipinski definition) is 4. The van der Waals surface area contributed by atoms with E-state index in [1.54, 1.807) is 37.4 Å². The molecular weight excluding hydrogens is 495 g/mol. The van der Waals surface area contributed by atoms with E-state index in [0.29, 0.717) is 6.42 Å². The molecule has 34 heavy (non-hydrogen) atoms. The van der Waals surface area contributed by atoms with Crippen LogP contribution in [0, 0.1) is 6.92 Å². The van der Waals surface area contributed by atoms with Gasteiger partial charge in [-0.2, -0.15) is 0 Å². The summed E-state index contributed by atoms with van der Waals surface area (Å²) in [6, 6.07) is 17.9. The zero-order chi connectivity index (χ0) is 24.9. The zero-order valence-electron chi connectivity index (χ0n) is 19.1. The molecule has 180 valence electrons. The van der Waals surface area contributed by atoms with Gasteiger partial charge in [0.05, 0.1) is 33.8 Å². The van der Waals surface area contributed by atoms with E-state index in [4.69, 9.17) is 27.9 Å². The predicted molar refractivity (Wildman–Crippen MR) is 136 cm³/mol. The van der Waals surface area contributed by atoms with Crippen LogP contribution in [-0.2, 0) is 14.8 Å². The number of ether oxygens (including phenoxy) is 1. The Kier molecular flexibility index (Phi) is 8.47. The molecule has 3 rings (SSSR count). The molecule has 0 saturated heterocycles. The number of hydrogen-bond donors (Lipinski definition) is 1. The van der Waals surface area contributed by atoms with Gasteiger partial charge in [0.15, 0.2) is 0 Å². The fourth-order valence-electron chi connectivity index (χ4n) is 3.61. The Balaban J connectivity index is 1.94. The molecule has 1 N–H and O–H groups in total. The second-order valence-electron chi connectivity index (χ2n) is 7.66. The third kappa shape index (κ3) is 5.66. The molecule has 0 radical (unpaired) electrons. The van der Waals surface area contributed by atoms with Crippen LogP contribution in [0.25, 0.3) is 0 Å². The van der Waals surface area contributed by atoms with E-state index < -0.39 is 22.5 Å². The summed E-state index contributed by atoms with van der Waals surface area (Å²) in [5, 5.41) is 3.18. The van der Waals surface area contributed by atoms with Gasteiger partial charge in [0.25, 0.3) is 10.0 Å². The van der Waals surface area contributed by atoms with Crippen LogP contribution in [0.3, 0.4) is 0 Å². The minimum Gasteiger partial charge on any atom is -0.496 e. The molecule has 3 aromatic rings. The zero-order valence-corrected chi connectivity index (χ0v) is 21.4. The van der Waals surface area contributed by atoms with E-state index in [1.165, 1.54) is 18.2 Å². The van der Waals surface area contributed by atoms with Crippen molar-refractivity contribution in [1.29, 1.82) is 0 Å². The maximum atomic E-state index is 13.5. The minimum atomic E-state index is -4.10. The second kappa shape index (κ2) is 11.1. The Hall–Kier alpha value is -2.74. The number of rotatable bonds is 9. The summed E-state index contributed by atoms with van der Waals surface area (Å²) in [6.45, 7) is 3.39. The quantitative estimate of drug-likeness (QED) is 0.388. The van der Waals surface area contributed by atoms with Gasteiger partial charge in [-0.1, -0.05) is 66.5 Å². The maximum Gasteiger partial charge on any atom is 0.264 e. The lowest BCUT2D eigenvalue weighted by molar-refractivity contribution is -0.120. The standard InChI is InChI=1S/C25H26Cl2N2O4S/c1-4-21(18-13-14-23(33-3)17(2)15-18)28-24(30)16-29(22-12-8-11-20(26)25(22)27)34(31,32)19-9-6-5-7-10-19/h5-15,21H,4,16H2,1-3H3,(H,28,30). The van der Waals surface area contributed by atoms with E-state index in [1.807, 2.05) is 32.0 Å². The minimum absolute atomic E-state index is 0.0386. The fourth-order valence-corrected chi connectivity index (χ4v) is 5.52. The largest absolute Gasteiger partial charge is 0.496 e. The van der Waals surface area contributed by atoms with Crippen molar-refractivity contribution in [2.24, 2.45) is 0 Å². The third-order valence-corrected chi connectivity index (χ3v) is 7.97. The third-order valence-electron chi connectivity index (χ3n) is 5.38. The summed E-state index contributed by atoms with van der Waals surface area (Å²) in [4.78, 5) is 13.2. The Morgan fingerprint density at radius 3 is 2.38 bits per heavy atom. The van der Waals surface area contributed by atoms with Crippen molar-refractivity contribution in [1.82, 2.24) is 5.32 Å². The summed E-state index contributed by atoms with van der Waals surface area (Å²) < 4.78 is 33.3. The molecule has 9 heteroatoms. The van der Waals surface area contributed by atoms with Crippen molar-refractivity contribution < 1.29 is 17.9 Å². The van der Waals surface area contributed by atoms with Crippen molar-refractivity contribution in [2.75, 3.05) is 18.0 Å². The second-order valence-corrected chi connectivity index (χ2v) is 10.3. The number of carbonyl (C=O) groups excluding carboxylic acids is 1. The molecular formula is C25H26Cl2N2O4S. The molecule has 0 spiro atoms. The van der Waals surface area contributed by atoms with Crippen molar-refractivity contribution >= 4 is 44.8 Å². The normalized spacial score (nSPS) is 12.1. The van der Waals surface area contributed by atoms with Crippen LogP contribution in [0.4, 0.5) is 5.69 Å². The lowest BCUT2D eigenvalue weighted by Gasteiger charge is -2.26. The summed E-state index contributed by atoms with van der Waals surface area (Å²) in [7, 11) is -2.50. The number of methoxy groups -OCH3 is 1. The van der Waals surface area contributed by atoms with Crippen molar-refractivity contribution in [3.63, 3.8) is 0 Å². The molecule has 1 unspecified atom stereocenters. The van der Waals surface area contributed by atoms with Crippen LogP contribution in [0.5, 0.6) is 5.75 Å². The molecule has 6 nitrogen and oxygen atoms in total. The van der Waals surface area contributed by atoms with Crippen LogP contribution in [0.15, 0.2) is 71.6 Å². The van der Waals surface area contributed by atoms with E-state index in [-0.39, 0.29) is 26.7 Å². The highest BCUT2D eigenvalue weighted by molar-refractivity contribution is 7.92. The molecule has 0 aromatic heterocycles. The van der Waals surface area contributed by atoms with Gasteiger partial charge >= 0.3 is 0 Å². The van der Waals surface area contributed by atoms with E-state index in [9.17, 15) is 13.2 Å². The lowest BCUT2D eigenvalue weighted by atomic mass is 10.0. The lowest BCUT2D eigenvalue weighted by Crippen LogP contribution is -2.42. The van der Waals surface area contributed by atoms with Gasteiger partial charge in [-0.3, -0.25) is 9.10 Å². The van der Waals surface area contributed by atoms with Crippen molar-refractivity contribution in [3.8, 4) is 5.75 Å². The van der Waals surface area contributed by atoms with E-state index in [2.05, 4.69) is 5.32 Å². The molecule has 1 amide bonds. The average molecular weight is 521 g/mol. The van der Waals surface area contributed by atoms with Gasteiger partial charge in [0, 0.05) is 0 Å². The number of anilines is 1. The summed E-state index contributed by atoms with van der Waals surface area (Å²) in [5.41, 5.74) is 1.96. The predicted octanol–water partition coefficient (Wildman–Crippen LogP) is 5.77. The van der Waals surface area contributed by atoms with Crippen LogP contribution >= 0.6 is 23.2 Å². The topological polar surface area (TPSA) is 75.7 Å². The highest BCUT2D eigenvalue weighted by atomic mass is 35.5. The fraction of sp³-hybridized carbons (Fsp3) is 0.240. The number of amides is 1. The van der Waals surface area contributed by atoms with Gasteiger partial charge in [-0.25, -0.2) is 8.42 Å². The molecule has 0 heterocycles. The molecule has 0 aliphatic heterocycles. The Morgan fingerprint density at radius 1 is 1.06 bits per heavy atom. The van der Waals surface area contributed by atoms with Gasteiger partial charge in [0.1, 0.15) is 12.3 Å². The molecule has 0 bridgehead atoms. The van der Waals surface area contributed by atoms with Crippen LogP contribution < -0.4 is 14.4 Å². The maximum absolute atomic E-state index is 13.5. The summed E-state index contributed by atoms with van der Waals surface area (Å²) in [5.74, 6) is 0.275. The molecule has 1 atom stereocenters. The first kappa shape index (κ1) is 25.9. The molecule has 0 fully saturated rings. The number of carbonyl (C=O) groups is 1. The highest BCUT2D eigenvalue weighted by Crippen LogP contribution is 2.35. The highest BCUT2D eigenvalue weighted by Gasteiger charge is 2.30. The molecule has 3 aromatic carbocycles. The van der Waals surface area contributed by atoms with Crippen LogP contribution in [-0.4, -0.2) is 28.0 Å². The van der Waals surface area contributed by atoms with E-state index >= 15 is 0 Å². The smallest absolute Gasteiger partial charge is 0.264 e. The van der Waals surface area contributed by atoms with Gasteiger partial charge < -0.3 is 10.1 Å². The average Bonchev–Trinajstić information content (AvgIpc) is 2.83. The van der Waals surface area contributed by atoms with Gasteiger partial charge in [0.2, 0.25) is 5.91 Å². The Morgan fingerprint density at radius 2 is 1.76 bits per heavy atom. The van der Waals surface area contributed by atoms with Crippen LogP contribution in [0.1, 0.15) is 30.5 Å². The van der Waals surface area contributed by atoms with Gasteiger partial charge in [-0.15, -0.1) is 0 Å².